The van der Waals surface area contributed by atoms with Crippen molar-refractivity contribution >= 4 is 5.91 Å². The Labute approximate surface area is 79.8 Å². The maximum Gasteiger partial charge on any atom is 0.249 e. The van der Waals surface area contributed by atoms with Gasteiger partial charge in [-0.15, -0.1) is 0 Å². The molecular formula is C6H13N4O4+. The molecule has 0 rings (SSSR count). The lowest BCUT2D eigenvalue weighted by molar-refractivity contribution is -0.124. The first kappa shape index (κ1) is 12.7. The van der Waals surface area contributed by atoms with Crippen molar-refractivity contribution in [2.45, 2.75) is 5.54 Å². The van der Waals surface area contributed by atoms with E-state index in [2.05, 4.69) is 15.3 Å². The molecule has 0 aliphatic heterocycles. The van der Waals surface area contributed by atoms with Crippen molar-refractivity contribution in [3.63, 3.8) is 0 Å². The Hall–Kier alpha value is -1.34. The van der Waals surface area contributed by atoms with Gasteiger partial charge in [0.05, 0.1) is 19.8 Å². The van der Waals surface area contributed by atoms with Gasteiger partial charge in [0, 0.05) is 0 Å². The largest absolute Gasteiger partial charge is 0.394 e. The quantitative estimate of drug-likeness (QED) is 0.239. The van der Waals surface area contributed by atoms with Crippen LogP contribution in [0.2, 0.25) is 0 Å². The van der Waals surface area contributed by atoms with Gasteiger partial charge in [0.2, 0.25) is 17.4 Å². The number of rotatable bonds is 6. The van der Waals surface area contributed by atoms with Gasteiger partial charge in [-0.2, -0.15) is 0 Å². The summed E-state index contributed by atoms with van der Waals surface area (Å²) in [5.74, 6) is -0.641. The Kier molecular flexibility index (Phi) is 5.58. The van der Waals surface area contributed by atoms with Crippen LogP contribution in [0.15, 0.2) is 5.11 Å². The predicted molar refractivity (Wildman–Crippen MR) is 44.3 cm³/mol. The van der Waals surface area contributed by atoms with Crippen LogP contribution in [0.5, 0.6) is 0 Å². The van der Waals surface area contributed by atoms with Gasteiger partial charge in [-0.05, 0) is 0 Å². The van der Waals surface area contributed by atoms with Crippen molar-refractivity contribution in [1.29, 1.82) is 5.53 Å². The third-order valence-electron chi connectivity index (χ3n) is 1.60. The Balaban J connectivity index is 4.28. The Morgan fingerprint density at radius 2 is 1.86 bits per heavy atom. The van der Waals surface area contributed by atoms with E-state index < -0.39 is 31.3 Å². The van der Waals surface area contributed by atoms with Crippen LogP contribution < -0.4 is 10.2 Å². The highest BCUT2D eigenvalue weighted by atomic mass is 16.3. The summed E-state index contributed by atoms with van der Waals surface area (Å²) in [4.78, 5) is 13.6. The molecule has 0 saturated carbocycles. The summed E-state index contributed by atoms with van der Waals surface area (Å²) >= 11 is 0. The topological polar surface area (TPSA) is 140 Å². The molecule has 0 saturated heterocycles. The fourth-order valence-electron chi connectivity index (χ4n) is 0.703. The number of hydrogen-bond acceptors (Lipinski definition) is 6. The Morgan fingerprint density at radius 3 is 2.21 bits per heavy atom. The van der Waals surface area contributed by atoms with Gasteiger partial charge in [-0.25, -0.2) is 0 Å². The number of aliphatic hydroxyl groups is 3. The second kappa shape index (κ2) is 6.17. The average Bonchev–Trinajstić information content (AvgIpc) is 2.23. The third-order valence-corrected chi connectivity index (χ3v) is 1.60. The second-order valence-electron chi connectivity index (χ2n) is 2.70. The second-order valence-corrected chi connectivity index (χ2v) is 2.70. The molecule has 0 bridgehead atoms. The molecule has 14 heavy (non-hydrogen) atoms. The minimum absolute atomic E-state index is 0.384. The predicted octanol–water partition coefficient (Wildman–Crippen LogP) is -2.63. The zero-order valence-electron chi connectivity index (χ0n) is 7.47. The molecule has 5 N–H and O–H groups in total. The van der Waals surface area contributed by atoms with Crippen LogP contribution >= 0.6 is 0 Å². The molecule has 8 nitrogen and oxygen atoms in total. The van der Waals surface area contributed by atoms with Crippen molar-refractivity contribution in [2.24, 2.45) is 5.11 Å². The zero-order valence-corrected chi connectivity index (χ0v) is 7.47. The van der Waals surface area contributed by atoms with Gasteiger partial charge >= 0.3 is 0 Å². The lowest BCUT2D eigenvalue weighted by Crippen LogP contribution is -2.57. The van der Waals surface area contributed by atoms with Crippen LogP contribution in [0.1, 0.15) is 0 Å². The molecule has 0 aromatic rings. The molecule has 0 aromatic heterocycles. The Bertz CT molecular complexity index is 226. The van der Waals surface area contributed by atoms with E-state index in [0.717, 1.165) is 0 Å². The molecular weight excluding hydrogens is 192 g/mol. The van der Waals surface area contributed by atoms with Crippen LogP contribution in [-0.2, 0) is 4.79 Å². The molecule has 0 aliphatic rings. The highest BCUT2D eigenvalue weighted by molar-refractivity contribution is 5.78. The third kappa shape index (κ3) is 3.58. The molecule has 0 heterocycles. The first-order chi connectivity index (χ1) is 6.64. The van der Waals surface area contributed by atoms with Crippen molar-refractivity contribution in [3.8, 4) is 0 Å². The number of aliphatic hydroxyl groups excluding tert-OH is 3. The van der Waals surface area contributed by atoms with Gasteiger partial charge in [0.25, 0.3) is 0 Å². The molecule has 0 fully saturated rings. The van der Waals surface area contributed by atoms with Crippen molar-refractivity contribution in [3.05, 3.63) is 0 Å². The summed E-state index contributed by atoms with van der Waals surface area (Å²) in [6, 6.07) is 0. The first-order valence-electron chi connectivity index (χ1n) is 3.81. The smallest absolute Gasteiger partial charge is 0.249 e. The van der Waals surface area contributed by atoms with E-state index in [0.29, 0.717) is 0 Å². The number of hydrogen-bond donors (Lipinski definition) is 5. The lowest BCUT2D eigenvalue weighted by Gasteiger charge is -2.27. The van der Waals surface area contributed by atoms with Gasteiger partial charge < -0.3 is 20.6 Å². The highest BCUT2D eigenvalue weighted by Crippen LogP contribution is 2.00. The molecule has 0 aliphatic carbocycles. The van der Waals surface area contributed by atoms with Crippen LogP contribution in [0.3, 0.4) is 0 Å². The van der Waals surface area contributed by atoms with Crippen LogP contribution in [0.4, 0.5) is 0 Å². The average molecular weight is 205 g/mol. The number of nitrogens with one attached hydrogen (secondary N) is 2. The molecule has 0 spiro atoms. The van der Waals surface area contributed by atoms with E-state index in [-0.39, 0.29) is 6.54 Å². The number of carbonyl (C=O) groups excluding carboxylic acids is 1. The number of amides is 1. The zero-order chi connectivity index (χ0) is 11.0. The normalized spacial score (nSPS) is 10.5. The van der Waals surface area contributed by atoms with E-state index in [1.54, 1.807) is 0 Å². The Morgan fingerprint density at radius 1 is 1.36 bits per heavy atom. The monoisotopic (exact) mass is 205 g/mol. The molecule has 80 valence electrons. The molecule has 0 atom stereocenters. The van der Waals surface area contributed by atoms with Crippen molar-refractivity contribution < 1.29 is 20.1 Å². The minimum atomic E-state index is -1.45. The summed E-state index contributed by atoms with van der Waals surface area (Å²) < 4.78 is 0. The van der Waals surface area contributed by atoms with E-state index in [1.807, 2.05) is 0 Å². The molecule has 8 heteroatoms. The van der Waals surface area contributed by atoms with E-state index >= 15 is 0 Å². The van der Waals surface area contributed by atoms with E-state index in [1.165, 1.54) is 0 Å². The van der Waals surface area contributed by atoms with Crippen LogP contribution in [0, 0.1) is 5.53 Å². The van der Waals surface area contributed by atoms with Gasteiger partial charge in [0.15, 0.2) is 0 Å². The molecule has 0 aromatic carbocycles. The van der Waals surface area contributed by atoms with E-state index in [9.17, 15) is 4.79 Å². The van der Waals surface area contributed by atoms with Crippen molar-refractivity contribution in [1.82, 2.24) is 10.2 Å². The minimum Gasteiger partial charge on any atom is -0.394 e. The maximum atomic E-state index is 11.0. The molecule has 0 unspecified atom stereocenters. The number of nitrogens with zero attached hydrogens (tertiary/aromatic N) is 2. The summed E-state index contributed by atoms with van der Waals surface area (Å²) in [5.41, 5.74) is 4.84. The lowest BCUT2D eigenvalue weighted by atomic mass is 10.0. The van der Waals surface area contributed by atoms with Crippen LogP contribution in [-0.4, -0.2) is 53.1 Å². The summed E-state index contributed by atoms with van der Waals surface area (Å²) in [5, 5.41) is 31.8. The highest BCUT2D eigenvalue weighted by Gasteiger charge is 2.30. The number of carbonyl (C=O) groups is 1. The van der Waals surface area contributed by atoms with Gasteiger partial charge in [0.1, 0.15) is 16.2 Å². The van der Waals surface area contributed by atoms with Crippen LogP contribution in [0.25, 0.3) is 0 Å². The van der Waals surface area contributed by atoms with Crippen molar-refractivity contribution in [2.75, 3.05) is 26.4 Å². The summed E-state index contributed by atoms with van der Waals surface area (Å²) in [6.45, 7) is -2.16. The fraction of sp³-hybridized carbons (Fsp3) is 0.833. The fourth-order valence-corrected chi connectivity index (χ4v) is 0.703. The van der Waals surface area contributed by atoms with Gasteiger partial charge in [-0.1, -0.05) is 0 Å². The SMILES string of the molecule is N=[N+]=NCC(=O)NC(CO)(CO)CO. The maximum absolute atomic E-state index is 11.0. The molecule has 1 amide bonds. The first-order valence-corrected chi connectivity index (χ1v) is 3.81. The summed E-state index contributed by atoms with van der Waals surface area (Å²) in [7, 11) is 0. The van der Waals surface area contributed by atoms with Gasteiger partial charge in [-0.3, -0.25) is 4.79 Å². The molecule has 0 radical (unpaired) electrons. The standard InChI is InChI=1S/C6H12N4O4/c7-10-8-1-5(14)9-6(2-11,3-12)4-13/h7,11-13H,1-4H2/p+1. The van der Waals surface area contributed by atoms with E-state index in [4.69, 9.17) is 20.9 Å². The summed E-state index contributed by atoms with van der Waals surface area (Å²) in [6.07, 6.45) is 0.